The zero-order chi connectivity index (χ0) is 5.28. The molecule has 1 atom stereocenters. The normalized spacial score (nSPS) is 13.6. The van der Waals surface area contributed by atoms with Crippen LogP contribution in [0.3, 0.4) is 0 Å². The SMILES string of the molecule is CC1=C(C)C[PH+]=C1.[Cl-].[Cl-].[Cl-].[Zr+3]. The summed E-state index contributed by atoms with van der Waals surface area (Å²) in [5.41, 5.74) is 3.09. The first-order valence-electron chi connectivity index (χ1n) is 2.53. The van der Waals surface area contributed by atoms with Crippen molar-refractivity contribution in [3.05, 3.63) is 11.1 Å². The predicted octanol–water partition coefficient (Wildman–Crippen LogP) is -7.17. The van der Waals surface area contributed by atoms with Crippen LogP contribution in [0, 0.1) is 0 Å². The number of halogens is 3. The molecule has 1 rings (SSSR count). The third kappa shape index (κ3) is 8.01. The predicted molar refractivity (Wildman–Crippen MR) is 37.6 cm³/mol. The average molecular weight is 311 g/mol. The van der Waals surface area contributed by atoms with E-state index in [1.165, 1.54) is 11.7 Å². The fourth-order valence-corrected chi connectivity index (χ4v) is 1.86. The van der Waals surface area contributed by atoms with Gasteiger partial charge < -0.3 is 37.2 Å². The Kier molecular flexibility index (Phi) is 24.3. The molecule has 0 N–H and O–H groups in total. The number of allylic oxidation sites excluding steroid dienone is 2. The van der Waals surface area contributed by atoms with Gasteiger partial charge >= 0.3 is 26.2 Å². The minimum Gasteiger partial charge on any atom is -1.00 e. The van der Waals surface area contributed by atoms with E-state index in [2.05, 4.69) is 19.6 Å². The van der Waals surface area contributed by atoms with Gasteiger partial charge in [0.25, 0.3) is 0 Å². The quantitative estimate of drug-likeness (QED) is 0.390. The Morgan fingerprint density at radius 3 is 1.73 bits per heavy atom. The van der Waals surface area contributed by atoms with E-state index in [1.54, 1.807) is 5.57 Å². The second kappa shape index (κ2) is 11.7. The maximum Gasteiger partial charge on any atom is 3.00 e. The van der Waals surface area contributed by atoms with E-state index >= 15 is 0 Å². The van der Waals surface area contributed by atoms with Crippen LogP contribution in [0.2, 0.25) is 0 Å². The zero-order valence-electron chi connectivity index (χ0n) is 6.42. The van der Waals surface area contributed by atoms with Crippen LogP contribution in [0.15, 0.2) is 11.1 Å². The van der Waals surface area contributed by atoms with E-state index in [4.69, 9.17) is 0 Å². The molecule has 11 heavy (non-hydrogen) atoms. The maximum atomic E-state index is 2.33. The Morgan fingerprint density at radius 1 is 1.18 bits per heavy atom. The molecular formula is C6H10Cl3PZr+. The summed E-state index contributed by atoms with van der Waals surface area (Å²) in [6.45, 7) is 4.40. The third-order valence-corrected chi connectivity index (χ3v) is 2.73. The molecule has 0 nitrogen and oxygen atoms in total. The van der Waals surface area contributed by atoms with Gasteiger partial charge in [0.15, 0.2) is 0 Å². The second-order valence-electron chi connectivity index (χ2n) is 1.99. The molecule has 1 aliphatic rings. The molecule has 0 bridgehead atoms. The number of hydrogen-bond donors (Lipinski definition) is 0. The Balaban J connectivity index is -0.0000000612. The summed E-state index contributed by atoms with van der Waals surface area (Å²) < 4.78 is 0. The van der Waals surface area contributed by atoms with E-state index in [0.717, 1.165) is 8.20 Å². The van der Waals surface area contributed by atoms with Gasteiger partial charge in [0.05, 0.1) is 8.20 Å². The fraction of sp³-hybridized carbons (Fsp3) is 0.500. The van der Waals surface area contributed by atoms with Crippen molar-refractivity contribution in [1.29, 1.82) is 0 Å². The standard InChI is InChI=1S/C6H9P.3ClH.Zr/c1-5-3-7-4-6(5)2;;;;/h3H,4H2,1-2H3;3*1H;/q;;;;+3/p-2. The van der Waals surface area contributed by atoms with Gasteiger partial charge in [-0.05, 0) is 25.0 Å². The van der Waals surface area contributed by atoms with Crippen LogP contribution in [-0.4, -0.2) is 12.0 Å². The summed E-state index contributed by atoms with van der Waals surface area (Å²) in [6, 6.07) is 0. The Bertz CT molecular complexity index is 145. The molecule has 0 aromatic carbocycles. The third-order valence-electron chi connectivity index (χ3n) is 1.36. The van der Waals surface area contributed by atoms with Crippen molar-refractivity contribution in [3.8, 4) is 0 Å². The van der Waals surface area contributed by atoms with Gasteiger partial charge in [0.1, 0.15) is 12.0 Å². The van der Waals surface area contributed by atoms with Crippen molar-refractivity contribution in [2.45, 2.75) is 13.8 Å². The molecule has 0 aromatic rings. The van der Waals surface area contributed by atoms with Gasteiger partial charge in [0.2, 0.25) is 0 Å². The molecule has 0 aromatic heterocycles. The van der Waals surface area contributed by atoms with Gasteiger partial charge in [0, 0.05) is 0 Å². The molecule has 0 aliphatic carbocycles. The average Bonchev–Trinajstić information content (AvgIpc) is 1.91. The molecule has 1 unspecified atom stereocenters. The maximum absolute atomic E-state index is 2.33. The van der Waals surface area contributed by atoms with Crippen molar-refractivity contribution < 1.29 is 63.4 Å². The first-order chi connectivity index (χ1) is 3.30. The van der Waals surface area contributed by atoms with Crippen LogP contribution < -0.4 is 37.2 Å². The summed E-state index contributed by atoms with van der Waals surface area (Å²) in [4.78, 5) is 0. The monoisotopic (exact) mass is 308 g/mol. The molecule has 0 spiro atoms. The molecule has 1 heterocycles. The zero-order valence-corrected chi connectivity index (χ0v) is 12.1. The van der Waals surface area contributed by atoms with Gasteiger partial charge in [-0.2, -0.15) is 0 Å². The Hall–Kier alpha value is 1.66. The van der Waals surface area contributed by atoms with Gasteiger partial charge in [-0.15, -0.1) is 0 Å². The minimum atomic E-state index is 0. The van der Waals surface area contributed by atoms with Crippen molar-refractivity contribution in [2.24, 2.45) is 0 Å². The molecule has 0 fully saturated rings. The molecule has 63 valence electrons. The van der Waals surface area contributed by atoms with Crippen molar-refractivity contribution in [1.82, 2.24) is 0 Å². The molecule has 1 aliphatic heterocycles. The van der Waals surface area contributed by atoms with Gasteiger partial charge in [-0.1, -0.05) is 0 Å². The smallest absolute Gasteiger partial charge is 1.00 e. The van der Waals surface area contributed by atoms with Gasteiger partial charge in [-0.3, -0.25) is 0 Å². The molecular weight excluding hydrogens is 301 g/mol. The van der Waals surface area contributed by atoms with Crippen LogP contribution >= 0.6 is 8.20 Å². The molecule has 5 heteroatoms. The topological polar surface area (TPSA) is 0 Å². The summed E-state index contributed by atoms with van der Waals surface area (Å²) in [7, 11) is 1.07. The van der Waals surface area contributed by atoms with Crippen molar-refractivity contribution in [3.63, 3.8) is 0 Å². The van der Waals surface area contributed by atoms with E-state index < -0.39 is 0 Å². The largest absolute Gasteiger partial charge is 3.00 e. The van der Waals surface area contributed by atoms with Gasteiger partial charge in [-0.25, -0.2) is 0 Å². The van der Waals surface area contributed by atoms with Crippen LogP contribution in [0.25, 0.3) is 0 Å². The van der Waals surface area contributed by atoms with E-state index in [0.29, 0.717) is 0 Å². The van der Waals surface area contributed by atoms with E-state index in [-0.39, 0.29) is 63.4 Å². The van der Waals surface area contributed by atoms with Crippen LogP contribution in [0.5, 0.6) is 0 Å². The summed E-state index contributed by atoms with van der Waals surface area (Å²) in [6.07, 6.45) is 1.33. The number of rotatable bonds is 0. The molecule has 0 saturated heterocycles. The van der Waals surface area contributed by atoms with E-state index in [9.17, 15) is 0 Å². The molecule has 0 saturated carbocycles. The molecule has 0 amide bonds. The van der Waals surface area contributed by atoms with Crippen molar-refractivity contribution in [2.75, 3.05) is 6.16 Å². The summed E-state index contributed by atoms with van der Waals surface area (Å²) in [5.74, 6) is 2.33. The minimum absolute atomic E-state index is 0. The summed E-state index contributed by atoms with van der Waals surface area (Å²) in [5, 5.41) is 0. The van der Waals surface area contributed by atoms with Crippen molar-refractivity contribution >= 4 is 14.0 Å². The first kappa shape index (κ1) is 23.0. The molecule has 1 radical (unpaired) electrons. The second-order valence-corrected chi connectivity index (χ2v) is 3.04. The van der Waals surface area contributed by atoms with Crippen LogP contribution in [0.4, 0.5) is 0 Å². The van der Waals surface area contributed by atoms with E-state index in [1.807, 2.05) is 0 Å². The fourth-order valence-electron chi connectivity index (χ4n) is 0.620. The van der Waals surface area contributed by atoms with Crippen LogP contribution in [-0.2, 0) is 26.2 Å². The van der Waals surface area contributed by atoms with Crippen LogP contribution in [0.1, 0.15) is 13.8 Å². The number of hydrogen-bond acceptors (Lipinski definition) is 0. The first-order valence-corrected chi connectivity index (χ1v) is 3.82. The Morgan fingerprint density at radius 2 is 1.64 bits per heavy atom. The Labute approximate surface area is 108 Å². The summed E-state index contributed by atoms with van der Waals surface area (Å²) >= 11 is 0.